The Bertz CT molecular complexity index is 508. The maximum atomic E-state index is 11.7. The number of hydrogen-bond donors (Lipinski definition) is 3. The van der Waals surface area contributed by atoms with Crippen molar-refractivity contribution in [2.24, 2.45) is 0 Å². The number of aromatic amines is 1. The van der Waals surface area contributed by atoms with Crippen molar-refractivity contribution in [3.8, 4) is 5.75 Å². The Morgan fingerprint density at radius 2 is 2.31 bits per heavy atom. The molecule has 0 spiro atoms. The molecule has 0 saturated carbocycles. The van der Waals surface area contributed by atoms with Crippen LogP contribution in [0, 0.1) is 6.92 Å². The molecule has 0 bridgehead atoms. The zero-order valence-corrected chi connectivity index (χ0v) is 8.56. The highest BCUT2D eigenvalue weighted by Crippen LogP contribution is 2.18. The molecule has 1 aromatic heterocycles. The number of aromatic hydroxyl groups is 1. The summed E-state index contributed by atoms with van der Waals surface area (Å²) in [6.07, 6.45) is 1.28. The Kier molecular flexibility index (Phi) is 2.55. The number of benzene rings is 1. The zero-order valence-electron chi connectivity index (χ0n) is 8.56. The van der Waals surface area contributed by atoms with Crippen LogP contribution in [0.3, 0.4) is 0 Å². The molecule has 16 heavy (non-hydrogen) atoms. The summed E-state index contributed by atoms with van der Waals surface area (Å²) in [7, 11) is 0. The van der Waals surface area contributed by atoms with Gasteiger partial charge in [0.25, 0.3) is 5.91 Å². The number of hydrogen-bond acceptors (Lipinski definition) is 4. The van der Waals surface area contributed by atoms with Gasteiger partial charge in [-0.2, -0.15) is 10.1 Å². The van der Waals surface area contributed by atoms with Gasteiger partial charge in [-0.1, -0.05) is 6.07 Å². The van der Waals surface area contributed by atoms with Crippen LogP contribution in [-0.4, -0.2) is 26.2 Å². The van der Waals surface area contributed by atoms with E-state index >= 15 is 0 Å². The van der Waals surface area contributed by atoms with Crippen LogP contribution >= 0.6 is 0 Å². The first-order chi connectivity index (χ1) is 7.66. The van der Waals surface area contributed by atoms with E-state index < -0.39 is 5.91 Å². The van der Waals surface area contributed by atoms with Crippen LogP contribution in [0.1, 0.15) is 15.9 Å². The van der Waals surface area contributed by atoms with Crippen molar-refractivity contribution >= 4 is 11.9 Å². The average molecular weight is 218 g/mol. The second-order valence-electron chi connectivity index (χ2n) is 3.31. The minimum atomic E-state index is -0.436. The number of nitrogens with one attached hydrogen (secondary N) is 2. The smallest absolute Gasteiger partial charge is 0.261 e. The molecule has 0 unspecified atom stereocenters. The van der Waals surface area contributed by atoms with Crippen molar-refractivity contribution < 1.29 is 9.90 Å². The Labute approximate surface area is 91.3 Å². The number of aromatic nitrogens is 3. The Morgan fingerprint density at radius 1 is 1.50 bits per heavy atom. The monoisotopic (exact) mass is 218 g/mol. The highest BCUT2D eigenvalue weighted by Gasteiger charge is 2.11. The molecular formula is C10H10N4O2. The first-order valence-electron chi connectivity index (χ1n) is 4.63. The van der Waals surface area contributed by atoms with E-state index in [4.69, 9.17) is 0 Å². The van der Waals surface area contributed by atoms with Gasteiger partial charge in [0, 0.05) is 0 Å². The third-order valence-electron chi connectivity index (χ3n) is 2.04. The standard InChI is InChI=1S/C10H10N4O2/c1-6-2-3-7(8(15)4-6)9(16)13-10-11-5-12-14-10/h2-5,15H,1H3,(H2,11,12,13,14,16). The van der Waals surface area contributed by atoms with Gasteiger partial charge in [0.2, 0.25) is 5.95 Å². The number of phenols is 1. The van der Waals surface area contributed by atoms with Crippen LogP contribution in [0.5, 0.6) is 5.75 Å². The molecule has 1 amide bonds. The molecule has 3 N–H and O–H groups in total. The quantitative estimate of drug-likeness (QED) is 0.703. The van der Waals surface area contributed by atoms with Gasteiger partial charge < -0.3 is 5.11 Å². The maximum absolute atomic E-state index is 11.7. The lowest BCUT2D eigenvalue weighted by Gasteiger charge is -2.04. The summed E-state index contributed by atoms with van der Waals surface area (Å²) < 4.78 is 0. The number of carbonyl (C=O) groups excluding carboxylic acids is 1. The van der Waals surface area contributed by atoms with E-state index in [2.05, 4.69) is 20.5 Å². The summed E-state index contributed by atoms with van der Waals surface area (Å²) in [6.45, 7) is 1.83. The largest absolute Gasteiger partial charge is 0.507 e. The second kappa shape index (κ2) is 4.01. The third kappa shape index (κ3) is 2.00. The van der Waals surface area contributed by atoms with Crippen LogP contribution in [-0.2, 0) is 0 Å². The summed E-state index contributed by atoms with van der Waals surface area (Å²) >= 11 is 0. The van der Waals surface area contributed by atoms with E-state index in [1.54, 1.807) is 12.1 Å². The van der Waals surface area contributed by atoms with Crippen molar-refractivity contribution in [3.05, 3.63) is 35.7 Å². The van der Waals surface area contributed by atoms with E-state index in [0.29, 0.717) is 0 Å². The lowest BCUT2D eigenvalue weighted by atomic mass is 10.1. The van der Waals surface area contributed by atoms with Crippen molar-refractivity contribution in [2.75, 3.05) is 5.32 Å². The molecule has 0 aliphatic rings. The number of aryl methyl sites for hydroxylation is 1. The van der Waals surface area contributed by atoms with E-state index in [1.807, 2.05) is 6.92 Å². The van der Waals surface area contributed by atoms with Crippen LogP contribution in [0.15, 0.2) is 24.5 Å². The molecule has 2 rings (SSSR count). The number of amides is 1. The van der Waals surface area contributed by atoms with E-state index in [1.165, 1.54) is 12.4 Å². The summed E-state index contributed by atoms with van der Waals surface area (Å²) in [5.74, 6) is -0.253. The van der Waals surface area contributed by atoms with Crippen molar-refractivity contribution in [1.82, 2.24) is 15.2 Å². The summed E-state index contributed by atoms with van der Waals surface area (Å²) in [6, 6.07) is 4.82. The predicted octanol–water partition coefficient (Wildman–Crippen LogP) is 1.07. The fourth-order valence-corrected chi connectivity index (χ4v) is 1.27. The van der Waals surface area contributed by atoms with Gasteiger partial charge in [0.15, 0.2) is 0 Å². The highest BCUT2D eigenvalue weighted by molar-refractivity contribution is 6.05. The SMILES string of the molecule is Cc1ccc(C(=O)Nc2ncn[nH]2)c(O)c1. The lowest BCUT2D eigenvalue weighted by molar-refractivity contribution is 0.102. The molecule has 0 aliphatic carbocycles. The number of H-pyrrole nitrogens is 1. The molecule has 6 heteroatoms. The van der Waals surface area contributed by atoms with Crippen LogP contribution in [0.25, 0.3) is 0 Å². The number of anilines is 1. The van der Waals surface area contributed by atoms with Gasteiger partial charge in [0.1, 0.15) is 12.1 Å². The van der Waals surface area contributed by atoms with Gasteiger partial charge in [-0.15, -0.1) is 0 Å². The van der Waals surface area contributed by atoms with Gasteiger partial charge in [0.05, 0.1) is 5.56 Å². The van der Waals surface area contributed by atoms with Crippen LogP contribution in [0.2, 0.25) is 0 Å². The molecule has 0 atom stereocenters. The Balaban J connectivity index is 2.21. The molecule has 0 fully saturated rings. The molecule has 6 nitrogen and oxygen atoms in total. The lowest BCUT2D eigenvalue weighted by Crippen LogP contribution is -2.13. The van der Waals surface area contributed by atoms with Crippen molar-refractivity contribution in [3.63, 3.8) is 0 Å². The fourth-order valence-electron chi connectivity index (χ4n) is 1.27. The second-order valence-corrected chi connectivity index (χ2v) is 3.31. The molecule has 2 aromatic rings. The van der Waals surface area contributed by atoms with Crippen LogP contribution in [0.4, 0.5) is 5.95 Å². The van der Waals surface area contributed by atoms with E-state index in [9.17, 15) is 9.90 Å². The summed E-state index contributed by atoms with van der Waals surface area (Å²) in [5.41, 5.74) is 1.08. The van der Waals surface area contributed by atoms with Gasteiger partial charge >= 0.3 is 0 Å². The predicted molar refractivity (Wildman–Crippen MR) is 57.2 cm³/mol. The fraction of sp³-hybridized carbons (Fsp3) is 0.100. The van der Waals surface area contributed by atoms with Gasteiger partial charge in [-0.25, -0.2) is 5.10 Å². The molecule has 82 valence electrons. The first kappa shape index (κ1) is 10.2. The molecule has 0 saturated heterocycles. The minimum absolute atomic E-state index is 0.0583. The normalized spacial score (nSPS) is 10.1. The van der Waals surface area contributed by atoms with E-state index in [0.717, 1.165) is 5.56 Å². The van der Waals surface area contributed by atoms with Gasteiger partial charge in [-0.3, -0.25) is 10.1 Å². The zero-order chi connectivity index (χ0) is 11.5. The molecule has 1 aromatic carbocycles. The summed E-state index contributed by atoms with van der Waals surface area (Å²) in [4.78, 5) is 15.4. The Hall–Kier alpha value is -2.37. The first-order valence-corrected chi connectivity index (χ1v) is 4.63. The molecule has 1 heterocycles. The number of carbonyl (C=O) groups is 1. The number of rotatable bonds is 2. The average Bonchev–Trinajstić information content (AvgIpc) is 2.70. The summed E-state index contributed by atoms with van der Waals surface area (Å²) in [5, 5.41) is 18.1. The van der Waals surface area contributed by atoms with Crippen molar-refractivity contribution in [1.29, 1.82) is 0 Å². The van der Waals surface area contributed by atoms with E-state index in [-0.39, 0.29) is 17.3 Å². The van der Waals surface area contributed by atoms with Crippen molar-refractivity contribution in [2.45, 2.75) is 6.92 Å². The van der Waals surface area contributed by atoms with Crippen LogP contribution < -0.4 is 5.32 Å². The number of phenolic OH excluding ortho intramolecular Hbond substituents is 1. The Morgan fingerprint density at radius 3 is 2.94 bits per heavy atom. The molecule has 0 aliphatic heterocycles. The molecular weight excluding hydrogens is 208 g/mol. The molecule has 0 radical (unpaired) electrons. The highest BCUT2D eigenvalue weighted by atomic mass is 16.3. The topological polar surface area (TPSA) is 90.9 Å². The maximum Gasteiger partial charge on any atom is 0.261 e. The number of nitrogens with zero attached hydrogens (tertiary/aromatic N) is 2. The minimum Gasteiger partial charge on any atom is -0.507 e. The van der Waals surface area contributed by atoms with Gasteiger partial charge in [-0.05, 0) is 24.6 Å². The third-order valence-corrected chi connectivity index (χ3v) is 2.04.